The maximum Gasteiger partial charge on any atom is 0.266 e. The minimum Gasteiger partial charge on any atom is -0.293 e. The van der Waals surface area contributed by atoms with Crippen molar-refractivity contribution in [2.45, 2.75) is 13.3 Å². The quantitative estimate of drug-likeness (QED) is 0.427. The number of aromatic nitrogens is 2. The van der Waals surface area contributed by atoms with E-state index in [1.165, 1.54) is 11.8 Å². The van der Waals surface area contributed by atoms with E-state index >= 15 is 0 Å². The number of carbonyl (C=O) groups is 1. The zero-order chi connectivity index (χ0) is 18.8. The number of benzene rings is 1. The third-order valence-corrected chi connectivity index (χ3v) is 6.38. The molecule has 3 aromatic rings. The van der Waals surface area contributed by atoms with Crippen LogP contribution in [0.15, 0.2) is 58.9 Å². The van der Waals surface area contributed by atoms with Gasteiger partial charge in [-0.15, -0.1) is 11.3 Å². The van der Waals surface area contributed by atoms with Crippen LogP contribution in [-0.2, 0) is 4.79 Å². The van der Waals surface area contributed by atoms with Crippen molar-refractivity contribution in [3.05, 3.63) is 64.5 Å². The molecule has 7 heteroatoms. The molecule has 1 aliphatic rings. The number of carbonyl (C=O) groups excluding carboxylic acids is 1. The highest BCUT2D eigenvalue weighted by atomic mass is 32.2. The largest absolute Gasteiger partial charge is 0.293 e. The molecule has 1 saturated heterocycles. The molecule has 0 aliphatic carbocycles. The Morgan fingerprint density at radius 1 is 1.19 bits per heavy atom. The van der Waals surface area contributed by atoms with Crippen molar-refractivity contribution in [3.8, 4) is 16.3 Å². The summed E-state index contributed by atoms with van der Waals surface area (Å²) in [6.07, 6.45) is 4.76. The van der Waals surface area contributed by atoms with Crippen LogP contribution >= 0.6 is 35.3 Å². The molecule has 4 nitrogen and oxygen atoms in total. The van der Waals surface area contributed by atoms with Gasteiger partial charge in [-0.25, -0.2) is 4.68 Å². The molecular weight excluding hydrogens is 394 g/mol. The van der Waals surface area contributed by atoms with Crippen molar-refractivity contribution < 1.29 is 4.79 Å². The molecule has 0 atom stereocenters. The molecule has 1 amide bonds. The zero-order valence-electron chi connectivity index (χ0n) is 14.7. The van der Waals surface area contributed by atoms with E-state index in [4.69, 9.17) is 17.3 Å². The SMILES string of the molecule is CCCN1C(=O)/C(=C\c2cn(-c3ccccc3)nc2-c2cccs2)SC1=S. The lowest BCUT2D eigenvalue weighted by Crippen LogP contribution is -2.28. The van der Waals surface area contributed by atoms with Gasteiger partial charge in [0.2, 0.25) is 0 Å². The number of thiophene rings is 1. The van der Waals surface area contributed by atoms with Gasteiger partial charge in [-0.1, -0.05) is 55.2 Å². The molecule has 1 fully saturated rings. The summed E-state index contributed by atoms with van der Waals surface area (Å²) < 4.78 is 2.48. The Morgan fingerprint density at radius 2 is 2.00 bits per heavy atom. The van der Waals surface area contributed by atoms with E-state index in [1.54, 1.807) is 16.2 Å². The monoisotopic (exact) mass is 411 g/mol. The van der Waals surface area contributed by atoms with E-state index in [2.05, 4.69) is 0 Å². The average Bonchev–Trinajstić information content (AvgIpc) is 3.40. The molecule has 0 radical (unpaired) electrons. The van der Waals surface area contributed by atoms with Crippen LogP contribution in [0.1, 0.15) is 18.9 Å². The lowest BCUT2D eigenvalue weighted by molar-refractivity contribution is -0.122. The third-order valence-electron chi connectivity index (χ3n) is 4.13. The number of hydrogen-bond acceptors (Lipinski definition) is 5. The summed E-state index contributed by atoms with van der Waals surface area (Å²) in [5, 5.41) is 6.81. The number of thiocarbonyl (C=S) groups is 1. The molecule has 3 heterocycles. The molecule has 0 saturated carbocycles. The van der Waals surface area contributed by atoms with E-state index in [1.807, 2.05) is 71.7 Å². The Bertz CT molecular complexity index is 1010. The van der Waals surface area contributed by atoms with Gasteiger partial charge in [0.1, 0.15) is 10.0 Å². The summed E-state index contributed by atoms with van der Waals surface area (Å²) in [7, 11) is 0. The van der Waals surface area contributed by atoms with E-state index in [-0.39, 0.29) is 5.91 Å². The van der Waals surface area contributed by atoms with Gasteiger partial charge in [0.05, 0.1) is 15.5 Å². The molecule has 136 valence electrons. The van der Waals surface area contributed by atoms with Crippen molar-refractivity contribution in [1.29, 1.82) is 0 Å². The molecular formula is C20H17N3OS3. The number of nitrogens with zero attached hydrogens (tertiary/aromatic N) is 3. The van der Waals surface area contributed by atoms with Gasteiger partial charge in [-0.2, -0.15) is 5.10 Å². The van der Waals surface area contributed by atoms with Crippen molar-refractivity contribution >= 4 is 51.6 Å². The van der Waals surface area contributed by atoms with Crippen LogP contribution < -0.4 is 0 Å². The van der Waals surface area contributed by atoms with E-state index in [0.29, 0.717) is 15.8 Å². The van der Waals surface area contributed by atoms with Gasteiger partial charge >= 0.3 is 0 Å². The number of para-hydroxylation sites is 1. The fraction of sp³-hybridized carbons (Fsp3) is 0.150. The lowest BCUT2D eigenvalue weighted by atomic mass is 10.2. The fourth-order valence-corrected chi connectivity index (χ4v) is 4.90. The summed E-state index contributed by atoms with van der Waals surface area (Å²) in [5.74, 6) is -0.0172. The zero-order valence-corrected chi connectivity index (χ0v) is 17.1. The van der Waals surface area contributed by atoms with Gasteiger partial charge in [0.25, 0.3) is 5.91 Å². The van der Waals surface area contributed by atoms with Crippen LogP contribution in [0.25, 0.3) is 22.3 Å². The van der Waals surface area contributed by atoms with Crippen molar-refractivity contribution in [1.82, 2.24) is 14.7 Å². The van der Waals surface area contributed by atoms with Crippen molar-refractivity contribution in [2.75, 3.05) is 6.54 Å². The van der Waals surface area contributed by atoms with E-state index < -0.39 is 0 Å². The highest BCUT2D eigenvalue weighted by Crippen LogP contribution is 2.35. The second-order valence-corrected chi connectivity index (χ2v) is 8.65. The fourth-order valence-electron chi connectivity index (χ4n) is 2.87. The third kappa shape index (κ3) is 3.63. The van der Waals surface area contributed by atoms with Crippen molar-refractivity contribution in [2.24, 2.45) is 0 Å². The predicted molar refractivity (Wildman–Crippen MR) is 117 cm³/mol. The van der Waals surface area contributed by atoms with E-state index in [0.717, 1.165) is 28.2 Å². The Morgan fingerprint density at radius 3 is 2.70 bits per heavy atom. The van der Waals surface area contributed by atoms with Crippen LogP contribution in [0.2, 0.25) is 0 Å². The van der Waals surface area contributed by atoms with Gasteiger partial charge < -0.3 is 0 Å². The molecule has 1 aliphatic heterocycles. The van der Waals surface area contributed by atoms with Gasteiger partial charge in [0.15, 0.2) is 0 Å². The van der Waals surface area contributed by atoms with Crippen LogP contribution in [0.3, 0.4) is 0 Å². The van der Waals surface area contributed by atoms with Gasteiger partial charge in [0, 0.05) is 18.3 Å². The minimum absolute atomic E-state index is 0.0172. The molecule has 1 aromatic carbocycles. The van der Waals surface area contributed by atoms with Crippen molar-refractivity contribution in [3.63, 3.8) is 0 Å². The van der Waals surface area contributed by atoms with Crippen LogP contribution in [0.4, 0.5) is 0 Å². The second kappa shape index (κ2) is 7.80. The summed E-state index contributed by atoms with van der Waals surface area (Å²) in [4.78, 5) is 16.1. The number of rotatable bonds is 5. The lowest BCUT2D eigenvalue weighted by Gasteiger charge is -2.11. The first-order chi connectivity index (χ1) is 13.2. The topological polar surface area (TPSA) is 38.1 Å². The summed E-state index contributed by atoms with van der Waals surface area (Å²) in [5.41, 5.74) is 2.77. The first-order valence-corrected chi connectivity index (χ1v) is 10.7. The standard InChI is InChI=1S/C20H17N3OS3/c1-2-10-22-19(24)17(27-20(22)25)12-14-13-23(15-7-4-3-5-8-15)21-18(14)16-9-6-11-26-16/h3-9,11-13H,2,10H2,1H3/b17-12+. The van der Waals surface area contributed by atoms with Crippen LogP contribution in [0.5, 0.6) is 0 Å². The molecule has 0 unspecified atom stereocenters. The van der Waals surface area contributed by atoms with Gasteiger partial charge in [-0.3, -0.25) is 9.69 Å². The highest BCUT2D eigenvalue weighted by Gasteiger charge is 2.31. The maximum absolute atomic E-state index is 12.7. The van der Waals surface area contributed by atoms with E-state index in [9.17, 15) is 4.79 Å². The maximum atomic E-state index is 12.7. The second-order valence-electron chi connectivity index (χ2n) is 6.02. The number of amides is 1. The summed E-state index contributed by atoms with van der Waals surface area (Å²) in [6, 6.07) is 14.0. The van der Waals surface area contributed by atoms with Crippen LogP contribution in [-0.4, -0.2) is 31.5 Å². The first kappa shape index (κ1) is 18.2. The molecule has 4 rings (SSSR count). The minimum atomic E-state index is -0.0172. The Kier molecular flexibility index (Phi) is 5.24. The number of thioether (sulfide) groups is 1. The van der Waals surface area contributed by atoms with Crippen LogP contribution in [0, 0.1) is 0 Å². The molecule has 27 heavy (non-hydrogen) atoms. The molecule has 0 bridgehead atoms. The molecule has 0 N–H and O–H groups in total. The molecule has 0 spiro atoms. The Balaban J connectivity index is 1.77. The first-order valence-electron chi connectivity index (χ1n) is 8.61. The Hall–Kier alpha value is -2.22. The molecule has 2 aromatic heterocycles. The predicted octanol–water partition coefficient (Wildman–Crippen LogP) is 5.21. The summed E-state index contributed by atoms with van der Waals surface area (Å²) in [6.45, 7) is 2.70. The Labute approximate surface area is 171 Å². The van der Waals surface area contributed by atoms with Gasteiger partial charge in [-0.05, 0) is 36.1 Å². The highest BCUT2D eigenvalue weighted by molar-refractivity contribution is 8.26. The summed E-state index contributed by atoms with van der Waals surface area (Å²) >= 11 is 8.38. The normalized spacial score (nSPS) is 15.9. The smallest absolute Gasteiger partial charge is 0.266 e. The average molecular weight is 412 g/mol. The number of hydrogen-bond donors (Lipinski definition) is 0.